The molecule has 2 aliphatic rings. The fourth-order valence-corrected chi connectivity index (χ4v) is 5.22. The molecule has 1 aromatic heterocycles. The van der Waals surface area contributed by atoms with Crippen LogP contribution in [0.1, 0.15) is 127 Å². The van der Waals surface area contributed by atoms with E-state index >= 15 is 0 Å². The summed E-state index contributed by atoms with van der Waals surface area (Å²) in [5.41, 5.74) is 7.89. The molecule has 2 saturated carbocycles. The molecule has 0 bridgehead atoms. The van der Waals surface area contributed by atoms with E-state index in [-0.39, 0.29) is 11.5 Å². The molecule has 0 aromatic carbocycles. The van der Waals surface area contributed by atoms with Crippen molar-refractivity contribution in [2.24, 2.45) is 32.9 Å². The normalized spacial score (nSPS) is 21.4. The van der Waals surface area contributed by atoms with Gasteiger partial charge in [0.2, 0.25) is 0 Å². The fraction of sp³-hybridized carbons (Fsp3) is 0.714. The molecule has 2 aliphatic carbocycles. The van der Waals surface area contributed by atoms with E-state index in [1.165, 1.54) is 25.0 Å². The molecule has 7 nitrogen and oxygen atoms in total. The lowest BCUT2D eigenvalue weighted by Gasteiger charge is -2.36. The zero-order valence-electron chi connectivity index (χ0n) is 22.5. The summed E-state index contributed by atoms with van der Waals surface area (Å²) >= 11 is 0. The molecule has 0 spiro atoms. The first-order chi connectivity index (χ1) is 16.6. The SMILES string of the molecule is CCC(C)(C)C1CCC(=NNC(=O)c2ccc(C(=O)NN=C3CCC(C(C)(C)CC)CC3)o2)CC1. The highest BCUT2D eigenvalue weighted by Crippen LogP contribution is 2.40. The standard InChI is InChI=1S/C28H44N4O3/c1-7-27(3,4)19-9-13-21(14-10-19)29-31-25(33)23-17-18-24(35-23)26(34)32-30-22-15-11-20(12-16-22)28(5,6)8-2/h17-20H,7-16H2,1-6H3,(H,31,33)(H,32,34). The minimum atomic E-state index is -0.448. The minimum Gasteiger partial charge on any atom is -0.446 e. The van der Waals surface area contributed by atoms with Crippen LogP contribution in [0, 0.1) is 22.7 Å². The smallest absolute Gasteiger partial charge is 0.307 e. The predicted octanol–water partition coefficient (Wildman–Crippen LogP) is 6.70. The van der Waals surface area contributed by atoms with Crippen molar-refractivity contribution < 1.29 is 14.0 Å². The molecular formula is C28H44N4O3. The Labute approximate surface area is 210 Å². The Balaban J connectivity index is 1.47. The number of carbonyl (C=O) groups excluding carboxylic acids is 2. The van der Waals surface area contributed by atoms with Crippen LogP contribution >= 0.6 is 0 Å². The largest absolute Gasteiger partial charge is 0.446 e. The zero-order chi connectivity index (χ0) is 25.6. The van der Waals surface area contributed by atoms with Crippen molar-refractivity contribution in [1.82, 2.24) is 10.9 Å². The highest BCUT2D eigenvalue weighted by atomic mass is 16.4. The number of amides is 2. The molecule has 2 N–H and O–H groups in total. The van der Waals surface area contributed by atoms with Gasteiger partial charge in [0.1, 0.15) is 0 Å². The number of hydrogen-bond donors (Lipinski definition) is 2. The number of hydrazone groups is 2. The molecule has 0 unspecified atom stereocenters. The first-order valence-electron chi connectivity index (χ1n) is 13.4. The average molecular weight is 485 g/mol. The topological polar surface area (TPSA) is 96.1 Å². The Bertz CT molecular complexity index is 863. The highest BCUT2D eigenvalue weighted by molar-refractivity contribution is 5.97. The second kappa shape index (κ2) is 11.5. The number of nitrogens with one attached hydrogen (secondary N) is 2. The van der Waals surface area contributed by atoms with Crippen molar-refractivity contribution in [2.75, 3.05) is 0 Å². The quantitative estimate of drug-likeness (QED) is 0.402. The molecule has 0 radical (unpaired) electrons. The van der Waals surface area contributed by atoms with E-state index in [0.29, 0.717) is 22.7 Å². The van der Waals surface area contributed by atoms with Gasteiger partial charge in [-0.2, -0.15) is 10.2 Å². The van der Waals surface area contributed by atoms with Gasteiger partial charge < -0.3 is 4.42 Å². The first kappa shape index (κ1) is 27.2. The Hall–Kier alpha value is -2.44. The number of rotatable bonds is 8. The van der Waals surface area contributed by atoms with E-state index in [2.05, 4.69) is 62.6 Å². The fourth-order valence-electron chi connectivity index (χ4n) is 5.22. The molecule has 1 heterocycles. The third-order valence-electron chi connectivity index (χ3n) is 8.84. The third kappa shape index (κ3) is 7.05. The van der Waals surface area contributed by atoms with Crippen LogP contribution in [0.5, 0.6) is 0 Å². The van der Waals surface area contributed by atoms with E-state index < -0.39 is 11.8 Å². The van der Waals surface area contributed by atoms with Crippen LogP contribution in [0.2, 0.25) is 0 Å². The molecule has 0 atom stereocenters. The lowest BCUT2D eigenvalue weighted by Crippen LogP contribution is -2.29. The minimum absolute atomic E-state index is 0.0651. The van der Waals surface area contributed by atoms with E-state index in [1.54, 1.807) is 0 Å². The molecule has 0 saturated heterocycles. The van der Waals surface area contributed by atoms with Crippen LogP contribution in [0.4, 0.5) is 0 Å². The van der Waals surface area contributed by atoms with Crippen LogP contribution in [0.15, 0.2) is 26.8 Å². The van der Waals surface area contributed by atoms with Crippen LogP contribution in [-0.2, 0) is 0 Å². The second-order valence-electron chi connectivity index (χ2n) is 11.6. The average Bonchev–Trinajstić information content (AvgIpc) is 3.37. The summed E-state index contributed by atoms with van der Waals surface area (Å²) in [6.07, 6.45) is 10.3. The monoisotopic (exact) mass is 484 g/mol. The number of furan rings is 1. The maximum atomic E-state index is 12.5. The third-order valence-corrected chi connectivity index (χ3v) is 8.84. The summed E-state index contributed by atoms with van der Waals surface area (Å²) in [7, 11) is 0. The van der Waals surface area contributed by atoms with Crippen molar-refractivity contribution in [3.05, 3.63) is 23.7 Å². The maximum Gasteiger partial charge on any atom is 0.307 e. The highest BCUT2D eigenvalue weighted by Gasteiger charge is 2.31. The first-order valence-corrected chi connectivity index (χ1v) is 13.4. The van der Waals surface area contributed by atoms with Gasteiger partial charge in [0, 0.05) is 11.4 Å². The molecule has 2 fully saturated rings. The van der Waals surface area contributed by atoms with Gasteiger partial charge in [0.05, 0.1) is 0 Å². The van der Waals surface area contributed by atoms with E-state index in [4.69, 9.17) is 4.42 Å². The van der Waals surface area contributed by atoms with Gasteiger partial charge >= 0.3 is 11.8 Å². The molecule has 7 heteroatoms. The second-order valence-corrected chi connectivity index (χ2v) is 11.6. The molecule has 1 aromatic rings. The van der Waals surface area contributed by atoms with E-state index in [1.807, 2.05) is 0 Å². The van der Waals surface area contributed by atoms with Gasteiger partial charge in [0.15, 0.2) is 11.5 Å². The molecule has 35 heavy (non-hydrogen) atoms. The lowest BCUT2D eigenvalue weighted by atomic mass is 9.69. The van der Waals surface area contributed by atoms with Crippen molar-refractivity contribution in [2.45, 2.75) is 106 Å². The van der Waals surface area contributed by atoms with Gasteiger partial charge in [-0.1, -0.05) is 54.4 Å². The summed E-state index contributed by atoms with van der Waals surface area (Å²) < 4.78 is 5.48. The Morgan fingerprint density at radius 3 is 1.43 bits per heavy atom. The van der Waals surface area contributed by atoms with Gasteiger partial charge in [-0.15, -0.1) is 0 Å². The van der Waals surface area contributed by atoms with Gasteiger partial charge in [-0.3, -0.25) is 9.59 Å². The summed E-state index contributed by atoms with van der Waals surface area (Å²) in [5.74, 6) is 0.613. The summed E-state index contributed by atoms with van der Waals surface area (Å²) in [5, 5.41) is 8.64. The van der Waals surface area contributed by atoms with Gasteiger partial charge in [0.25, 0.3) is 0 Å². The van der Waals surface area contributed by atoms with E-state index in [0.717, 1.165) is 62.8 Å². The Kier molecular flexibility index (Phi) is 8.94. The summed E-state index contributed by atoms with van der Waals surface area (Å²) in [6, 6.07) is 2.99. The number of nitrogens with zero attached hydrogens (tertiary/aromatic N) is 2. The van der Waals surface area contributed by atoms with Gasteiger partial charge in [-0.05, 0) is 86.2 Å². The lowest BCUT2D eigenvalue weighted by molar-refractivity contribution is 0.0901. The van der Waals surface area contributed by atoms with Crippen molar-refractivity contribution >= 4 is 23.2 Å². The Morgan fingerprint density at radius 2 is 1.11 bits per heavy atom. The van der Waals surface area contributed by atoms with Crippen molar-refractivity contribution in [1.29, 1.82) is 0 Å². The number of carbonyl (C=O) groups is 2. The molecular weight excluding hydrogens is 440 g/mol. The maximum absolute atomic E-state index is 12.5. The van der Waals surface area contributed by atoms with Crippen LogP contribution in [0.25, 0.3) is 0 Å². The van der Waals surface area contributed by atoms with Crippen LogP contribution < -0.4 is 10.9 Å². The summed E-state index contributed by atoms with van der Waals surface area (Å²) in [4.78, 5) is 24.9. The van der Waals surface area contributed by atoms with Gasteiger partial charge in [-0.25, -0.2) is 10.9 Å². The molecule has 194 valence electrons. The van der Waals surface area contributed by atoms with Crippen molar-refractivity contribution in [3.63, 3.8) is 0 Å². The molecule has 3 rings (SSSR count). The summed E-state index contributed by atoms with van der Waals surface area (Å²) in [6.45, 7) is 13.8. The van der Waals surface area contributed by atoms with E-state index in [9.17, 15) is 9.59 Å². The number of hydrogen-bond acceptors (Lipinski definition) is 5. The molecule has 2 amide bonds. The zero-order valence-corrected chi connectivity index (χ0v) is 22.5. The Morgan fingerprint density at radius 1 is 0.771 bits per heavy atom. The van der Waals surface area contributed by atoms with Crippen LogP contribution in [0.3, 0.4) is 0 Å². The van der Waals surface area contributed by atoms with Crippen molar-refractivity contribution in [3.8, 4) is 0 Å². The predicted molar refractivity (Wildman–Crippen MR) is 141 cm³/mol. The van der Waals surface area contributed by atoms with Crippen LogP contribution in [-0.4, -0.2) is 23.2 Å². The molecule has 0 aliphatic heterocycles.